The predicted octanol–water partition coefficient (Wildman–Crippen LogP) is 3.57. The lowest BCUT2D eigenvalue weighted by Gasteiger charge is -2.08. The highest BCUT2D eigenvalue weighted by molar-refractivity contribution is 5.88. The molecule has 0 bridgehead atoms. The quantitative estimate of drug-likeness (QED) is 0.721. The molecular formula is C17H21FO4. The number of rotatable bonds is 8. The molecule has 1 aromatic carbocycles. The Bertz CT molecular complexity index is 576. The molecule has 0 saturated heterocycles. The second-order valence-corrected chi connectivity index (χ2v) is 5.06. The minimum Gasteiger partial charge on any atom is -0.489 e. The molecule has 0 heterocycles. The van der Waals surface area contributed by atoms with Gasteiger partial charge in [-0.25, -0.2) is 9.18 Å². The van der Waals surface area contributed by atoms with Crippen LogP contribution in [0.4, 0.5) is 4.39 Å². The summed E-state index contributed by atoms with van der Waals surface area (Å²) in [5.74, 6) is -1.81. The molecule has 0 radical (unpaired) electrons. The molecule has 0 atom stereocenters. The third-order valence-corrected chi connectivity index (χ3v) is 3.11. The normalized spacial score (nSPS) is 12.4. The van der Waals surface area contributed by atoms with E-state index in [0.29, 0.717) is 12.4 Å². The van der Waals surface area contributed by atoms with Gasteiger partial charge in [-0.15, -0.1) is 0 Å². The van der Waals surface area contributed by atoms with E-state index in [2.05, 4.69) is 0 Å². The van der Waals surface area contributed by atoms with E-state index in [1.807, 2.05) is 19.9 Å². The van der Waals surface area contributed by atoms with Crippen molar-refractivity contribution in [3.8, 4) is 5.75 Å². The van der Waals surface area contributed by atoms with Crippen LogP contribution in [-0.4, -0.2) is 29.4 Å². The van der Waals surface area contributed by atoms with E-state index in [9.17, 15) is 9.18 Å². The molecule has 0 unspecified atom stereocenters. The van der Waals surface area contributed by atoms with Crippen molar-refractivity contribution in [1.82, 2.24) is 0 Å². The Morgan fingerprint density at radius 3 is 2.59 bits per heavy atom. The second-order valence-electron chi connectivity index (χ2n) is 5.06. The van der Waals surface area contributed by atoms with Gasteiger partial charge in [-0.05, 0) is 44.4 Å². The third-order valence-electron chi connectivity index (χ3n) is 3.11. The van der Waals surface area contributed by atoms with Crippen molar-refractivity contribution in [2.45, 2.75) is 26.7 Å². The van der Waals surface area contributed by atoms with Crippen LogP contribution in [0.2, 0.25) is 0 Å². The zero-order valence-electron chi connectivity index (χ0n) is 12.8. The van der Waals surface area contributed by atoms with Gasteiger partial charge in [0.1, 0.15) is 18.2 Å². The van der Waals surface area contributed by atoms with Crippen LogP contribution in [0.25, 0.3) is 0 Å². The average Bonchev–Trinajstić information content (AvgIpc) is 2.45. The number of carboxylic acid groups (broad SMARTS) is 1. The van der Waals surface area contributed by atoms with Gasteiger partial charge in [0, 0.05) is 6.07 Å². The largest absolute Gasteiger partial charge is 0.489 e. The first-order chi connectivity index (χ1) is 10.4. The molecule has 0 fully saturated rings. The van der Waals surface area contributed by atoms with Crippen molar-refractivity contribution in [2.75, 3.05) is 13.2 Å². The van der Waals surface area contributed by atoms with Crippen LogP contribution in [0.15, 0.2) is 41.5 Å². The predicted molar refractivity (Wildman–Crippen MR) is 82.7 cm³/mol. The molecule has 120 valence electrons. The van der Waals surface area contributed by atoms with E-state index in [1.165, 1.54) is 12.1 Å². The fourth-order valence-electron chi connectivity index (χ4n) is 1.82. The summed E-state index contributed by atoms with van der Waals surface area (Å²) in [5.41, 5.74) is 1.75. The van der Waals surface area contributed by atoms with Crippen molar-refractivity contribution in [3.63, 3.8) is 0 Å². The maximum Gasteiger partial charge on any atom is 0.338 e. The van der Waals surface area contributed by atoms with Gasteiger partial charge in [-0.3, -0.25) is 0 Å². The Morgan fingerprint density at radius 1 is 1.27 bits per heavy atom. The number of carboxylic acids is 1. The number of aromatic carboxylic acids is 1. The molecule has 0 aliphatic carbocycles. The first kappa shape index (κ1) is 17.9. The molecule has 0 aromatic heterocycles. The van der Waals surface area contributed by atoms with Crippen LogP contribution in [-0.2, 0) is 0 Å². The number of aliphatic hydroxyl groups excluding tert-OH is 1. The Morgan fingerprint density at radius 2 is 2.00 bits per heavy atom. The molecule has 1 rings (SSSR count). The summed E-state index contributed by atoms with van der Waals surface area (Å²) < 4.78 is 18.9. The van der Waals surface area contributed by atoms with Crippen molar-refractivity contribution in [2.24, 2.45) is 0 Å². The average molecular weight is 308 g/mol. The van der Waals surface area contributed by atoms with Gasteiger partial charge in [0.05, 0.1) is 12.2 Å². The van der Waals surface area contributed by atoms with Gasteiger partial charge in [0.25, 0.3) is 0 Å². The monoisotopic (exact) mass is 308 g/mol. The van der Waals surface area contributed by atoms with Crippen LogP contribution in [0, 0.1) is 5.82 Å². The molecule has 0 aliphatic heterocycles. The maximum atomic E-state index is 13.5. The summed E-state index contributed by atoms with van der Waals surface area (Å²) in [6.45, 7) is 4.24. The fourth-order valence-corrected chi connectivity index (χ4v) is 1.82. The van der Waals surface area contributed by atoms with Gasteiger partial charge < -0.3 is 14.9 Å². The van der Waals surface area contributed by atoms with Crippen LogP contribution >= 0.6 is 0 Å². The van der Waals surface area contributed by atoms with Gasteiger partial charge >= 0.3 is 5.97 Å². The summed E-state index contributed by atoms with van der Waals surface area (Å²) in [6, 6.07) is 3.70. The van der Waals surface area contributed by atoms with Gasteiger partial charge in [0.2, 0.25) is 0 Å². The van der Waals surface area contributed by atoms with E-state index in [0.717, 1.165) is 30.1 Å². The second kappa shape index (κ2) is 9.00. The number of halogens is 1. The molecule has 0 amide bonds. The SMILES string of the molecule is C/C(=C\CO)CC/C=C(\C)COc1ccc(C(=O)O)c(F)c1. The Kier molecular flexibility index (Phi) is 7.32. The summed E-state index contributed by atoms with van der Waals surface area (Å²) >= 11 is 0. The van der Waals surface area contributed by atoms with Gasteiger partial charge in [-0.1, -0.05) is 17.7 Å². The maximum absolute atomic E-state index is 13.5. The van der Waals surface area contributed by atoms with E-state index in [-0.39, 0.29) is 12.2 Å². The Balaban J connectivity index is 2.50. The number of carbonyl (C=O) groups is 1. The number of aliphatic hydroxyl groups is 1. The lowest BCUT2D eigenvalue weighted by atomic mass is 10.1. The van der Waals surface area contributed by atoms with Gasteiger partial charge in [0.15, 0.2) is 0 Å². The lowest BCUT2D eigenvalue weighted by molar-refractivity contribution is 0.0692. The number of hydrogen-bond donors (Lipinski definition) is 2. The standard InChI is InChI=1S/C17H21FO4/c1-12(8-9-19)4-3-5-13(2)11-22-14-6-7-15(17(20)21)16(18)10-14/h5-8,10,19H,3-4,9,11H2,1-2H3,(H,20,21)/b12-8+,13-5+. The van der Waals surface area contributed by atoms with Crippen LogP contribution < -0.4 is 4.74 Å². The van der Waals surface area contributed by atoms with Crippen LogP contribution in [0.5, 0.6) is 5.75 Å². The minimum absolute atomic E-state index is 0.0511. The molecule has 0 spiro atoms. The highest BCUT2D eigenvalue weighted by Gasteiger charge is 2.10. The molecule has 22 heavy (non-hydrogen) atoms. The van der Waals surface area contributed by atoms with Crippen LogP contribution in [0.3, 0.4) is 0 Å². The molecule has 2 N–H and O–H groups in total. The number of ether oxygens (including phenoxy) is 1. The molecule has 0 saturated carbocycles. The first-order valence-electron chi connectivity index (χ1n) is 7.01. The van der Waals surface area contributed by atoms with Crippen LogP contribution in [0.1, 0.15) is 37.0 Å². The molecule has 4 nitrogen and oxygen atoms in total. The first-order valence-corrected chi connectivity index (χ1v) is 7.01. The Hall–Kier alpha value is -2.14. The van der Waals surface area contributed by atoms with Crippen molar-refractivity contribution < 1.29 is 24.1 Å². The van der Waals surface area contributed by atoms with Crippen molar-refractivity contribution in [3.05, 3.63) is 52.9 Å². The van der Waals surface area contributed by atoms with E-state index in [4.69, 9.17) is 14.9 Å². The fraction of sp³-hybridized carbons (Fsp3) is 0.353. The number of hydrogen-bond acceptors (Lipinski definition) is 3. The molecular weight excluding hydrogens is 287 g/mol. The smallest absolute Gasteiger partial charge is 0.338 e. The van der Waals surface area contributed by atoms with Crippen molar-refractivity contribution in [1.29, 1.82) is 0 Å². The zero-order valence-corrected chi connectivity index (χ0v) is 12.8. The molecule has 1 aromatic rings. The topological polar surface area (TPSA) is 66.8 Å². The van der Waals surface area contributed by atoms with Crippen molar-refractivity contribution >= 4 is 5.97 Å². The van der Waals surface area contributed by atoms with E-state index in [1.54, 1.807) is 6.08 Å². The summed E-state index contributed by atoms with van der Waals surface area (Å²) in [4.78, 5) is 10.7. The minimum atomic E-state index is -1.30. The summed E-state index contributed by atoms with van der Waals surface area (Å²) in [5, 5.41) is 17.5. The number of allylic oxidation sites excluding steroid dienone is 2. The van der Waals surface area contributed by atoms with E-state index >= 15 is 0 Å². The molecule has 0 aliphatic rings. The highest BCUT2D eigenvalue weighted by Crippen LogP contribution is 2.17. The summed E-state index contributed by atoms with van der Waals surface area (Å²) in [6.07, 6.45) is 5.49. The number of benzene rings is 1. The molecule has 5 heteroatoms. The van der Waals surface area contributed by atoms with Gasteiger partial charge in [-0.2, -0.15) is 0 Å². The Labute approximate surface area is 129 Å². The summed E-state index contributed by atoms with van der Waals surface area (Å²) in [7, 11) is 0. The highest BCUT2D eigenvalue weighted by atomic mass is 19.1. The third kappa shape index (κ3) is 6.10. The zero-order chi connectivity index (χ0) is 16.5. The van der Waals surface area contributed by atoms with E-state index < -0.39 is 11.8 Å². The lowest BCUT2D eigenvalue weighted by Crippen LogP contribution is -2.03.